The second-order valence-corrected chi connectivity index (χ2v) is 6.00. The first kappa shape index (κ1) is 14.2. The largest absolute Gasteiger partial charge is 0.478 e. The molecule has 2 aromatic rings. The third-order valence-electron chi connectivity index (χ3n) is 2.90. The average molecular weight is 291 g/mol. The molecular formula is C14H13NO4S. The fourth-order valence-electron chi connectivity index (χ4n) is 1.75. The van der Waals surface area contributed by atoms with Gasteiger partial charge in [0.25, 0.3) is 0 Å². The van der Waals surface area contributed by atoms with E-state index in [2.05, 4.69) is 4.72 Å². The molecule has 2 N–H and O–H groups in total. The highest BCUT2D eigenvalue weighted by Gasteiger charge is 2.11. The van der Waals surface area contributed by atoms with Gasteiger partial charge in [-0.2, -0.15) is 0 Å². The Labute approximate surface area is 116 Å². The Morgan fingerprint density at radius 2 is 1.40 bits per heavy atom. The molecule has 20 heavy (non-hydrogen) atoms. The van der Waals surface area contributed by atoms with Crippen LogP contribution in [-0.2, 0) is 10.0 Å². The van der Waals surface area contributed by atoms with Crippen molar-refractivity contribution in [2.24, 2.45) is 0 Å². The molecule has 0 aliphatic rings. The molecule has 0 heterocycles. The Hall–Kier alpha value is -2.18. The van der Waals surface area contributed by atoms with Crippen molar-refractivity contribution in [3.05, 3.63) is 54.1 Å². The van der Waals surface area contributed by atoms with Crippen molar-refractivity contribution < 1.29 is 18.3 Å². The molecular weight excluding hydrogens is 278 g/mol. The van der Waals surface area contributed by atoms with Gasteiger partial charge in [0.15, 0.2) is 0 Å². The minimum absolute atomic E-state index is 0.186. The monoisotopic (exact) mass is 291 g/mol. The number of nitrogens with one attached hydrogen (secondary N) is 1. The number of hydrogen-bond donors (Lipinski definition) is 2. The van der Waals surface area contributed by atoms with Crippen LogP contribution in [0.5, 0.6) is 0 Å². The van der Waals surface area contributed by atoms with Gasteiger partial charge in [-0.15, -0.1) is 0 Å². The van der Waals surface area contributed by atoms with Crippen LogP contribution in [0.3, 0.4) is 0 Å². The molecule has 2 aromatic carbocycles. The molecule has 0 aliphatic heterocycles. The van der Waals surface area contributed by atoms with Gasteiger partial charge in [0, 0.05) is 0 Å². The number of aromatic carboxylic acids is 1. The van der Waals surface area contributed by atoms with E-state index < -0.39 is 16.0 Å². The zero-order valence-corrected chi connectivity index (χ0v) is 11.5. The average Bonchev–Trinajstić information content (AvgIpc) is 2.47. The van der Waals surface area contributed by atoms with Gasteiger partial charge in [0.05, 0.1) is 10.5 Å². The van der Waals surface area contributed by atoms with E-state index >= 15 is 0 Å². The number of carboxylic acids is 1. The maximum atomic E-state index is 11.6. The fourth-order valence-corrected chi connectivity index (χ4v) is 2.48. The van der Waals surface area contributed by atoms with E-state index in [9.17, 15) is 13.2 Å². The smallest absolute Gasteiger partial charge is 0.335 e. The maximum Gasteiger partial charge on any atom is 0.335 e. The van der Waals surface area contributed by atoms with Crippen LogP contribution in [0.1, 0.15) is 10.4 Å². The van der Waals surface area contributed by atoms with Crippen molar-refractivity contribution >= 4 is 16.0 Å². The van der Waals surface area contributed by atoms with Crippen LogP contribution in [0.15, 0.2) is 53.4 Å². The van der Waals surface area contributed by atoms with Crippen molar-refractivity contribution in [3.63, 3.8) is 0 Å². The van der Waals surface area contributed by atoms with Crippen molar-refractivity contribution in [2.75, 3.05) is 7.05 Å². The number of carbonyl (C=O) groups is 1. The summed E-state index contributed by atoms with van der Waals surface area (Å²) < 4.78 is 25.4. The molecule has 0 bridgehead atoms. The van der Waals surface area contributed by atoms with Crippen LogP contribution in [0, 0.1) is 0 Å². The Bertz CT molecular complexity index is 719. The highest BCUT2D eigenvalue weighted by atomic mass is 32.2. The van der Waals surface area contributed by atoms with Crippen molar-refractivity contribution in [1.29, 1.82) is 0 Å². The summed E-state index contributed by atoms with van der Waals surface area (Å²) in [7, 11) is -2.09. The first-order valence-electron chi connectivity index (χ1n) is 5.81. The number of rotatable bonds is 4. The molecule has 0 aliphatic carbocycles. The minimum atomic E-state index is -3.44. The Morgan fingerprint density at radius 1 is 0.950 bits per heavy atom. The van der Waals surface area contributed by atoms with E-state index in [1.54, 1.807) is 24.3 Å². The summed E-state index contributed by atoms with van der Waals surface area (Å²) in [5.74, 6) is -0.980. The third-order valence-corrected chi connectivity index (χ3v) is 4.33. The van der Waals surface area contributed by atoms with Crippen LogP contribution in [0.2, 0.25) is 0 Å². The highest BCUT2D eigenvalue weighted by molar-refractivity contribution is 7.89. The summed E-state index contributed by atoms with van der Waals surface area (Å²) in [5.41, 5.74) is 1.85. The molecule has 0 radical (unpaired) electrons. The number of sulfonamides is 1. The van der Waals surface area contributed by atoms with Crippen LogP contribution < -0.4 is 4.72 Å². The predicted octanol–water partition coefficient (Wildman–Crippen LogP) is 1.96. The lowest BCUT2D eigenvalue weighted by Crippen LogP contribution is -2.18. The summed E-state index contributed by atoms with van der Waals surface area (Å²) in [4.78, 5) is 10.9. The predicted molar refractivity (Wildman–Crippen MR) is 75.1 cm³/mol. The van der Waals surface area contributed by atoms with Crippen LogP contribution in [0.4, 0.5) is 0 Å². The van der Waals surface area contributed by atoms with Crippen molar-refractivity contribution in [1.82, 2.24) is 4.72 Å². The van der Waals surface area contributed by atoms with Gasteiger partial charge < -0.3 is 5.11 Å². The molecule has 0 atom stereocenters. The quantitative estimate of drug-likeness (QED) is 0.902. The van der Waals surface area contributed by atoms with E-state index in [4.69, 9.17) is 5.11 Å². The van der Waals surface area contributed by atoms with Crippen molar-refractivity contribution in [2.45, 2.75) is 4.90 Å². The van der Waals surface area contributed by atoms with Crippen molar-refractivity contribution in [3.8, 4) is 11.1 Å². The topological polar surface area (TPSA) is 83.5 Å². The lowest BCUT2D eigenvalue weighted by atomic mass is 10.0. The normalized spacial score (nSPS) is 11.2. The van der Waals surface area contributed by atoms with E-state index in [0.717, 1.165) is 11.1 Å². The van der Waals surface area contributed by atoms with Gasteiger partial charge in [-0.05, 0) is 42.4 Å². The fraction of sp³-hybridized carbons (Fsp3) is 0.0714. The maximum absolute atomic E-state index is 11.6. The number of benzene rings is 2. The van der Waals surface area contributed by atoms with E-state index in [1.165, 1.54) is 31.3 Å². The summed E-state index contributed by atoms with van der Waals surface area (Å²) >= 11 is 0. The van der Waals surface area contributed by atoms with Crippen LogP contribution in [0.25, 0.3) is 11.1 Å². The standard InChI is InChI=1S/C14H13NO4S/c1-15-20(18,19)13-8-6-11(7-9-13)10-2-4-12(5-3-10)14(16)17/h2-9,15H,1H3,(H,16,17). The minimum Gasteiger partial charge on any atom is -0.478 e. The van der Waals surface area contributed by atoms with Gasteiger partial charge in [0.2, 0.25) is 10.0 Å². The van der Waals surface area contributed by atoms with E-state index in [1.807, 2.05) is 0 Å². The van der Waals surface area contributed by atoms with Crippen LogP contribution >= 0.6 is 0 Å². The number of carboxylic acid groups (broad SMARTS) is 1. The molecule has 104 valence electrons. The lowest BCUT2D eigenvalue weighted by Gasteiger charge is -2.05. The molecule has 6 heteroatoms. The summed E-state index contributed by atoms with van der Waals surface area (Å²) in [6, 6.07) is 12.8. The molecule has 0 saturated heterocycles. The van der Waals surface area contributed by atoms with Gasteiger partial charge in [-0.1, -0.05) is 24.3 Å². The number of hydrogen-bond acceptors (Lipinski definition) is 3. The second kappa shape index (κ2) is 5.44. The van der Waals surface area contributed by atoms with Crippen LogP contribution in [-0.4, -0.2) is 26.5 Å². The molecule has 2 rings (SSSR count). The third kappa shape index (κ3) is 2.87. The zero-order valence-electron chi connectivity index (χ0n) is 10.7. The molecule has 0 saturated carbocycles. The van der Waals surface area contributed by atoms with E-state index in [0.29, 0.717) is 0 Å². The molecule has 0 amide bonds. The Kier molecular flexibility index (Phi) is 3.87. The zero-order chi connectivity index (χ0) is 14.8. The first-order valence-corrected chi connectivity index (χ1v) is 7.30. The second-order valence-electron chi connectivity index (χ2n) is 4.11. The Balaban J connectivity index is 2.33. The van der Waals surface area contributed by atoms with Gasteiger partial charge >= 0.3 is 5.97 Å². The first-order chi connectivity index (χ1) is 9.44. The molecule has 0 unspecified atom stereocenters. The SMILES string of the molecule is CNS(=O)(=O)c1ccc(-c2ccc(C(=O)O)cc2)cc1. The summed E-state index contributed by atoms with van der Waals surface area (Å²) in [6.07, 6.45) is 0. The molecule has 0 spiro atoms. The summed E-state index contributed by atoms with van der Waals surface area (Å²) in [6.45, 7) is 0. The van der Waals surface area contributed by atoms with Gasteiger partial charge in [-0.3, -0.25) is 0 Å². The highest BCUT2D eigenvalue weighted by Crippen LogP contribution is 2.21. The lowest BCUT2D eigenvalue weighted by molar-refractivity contribution is 0.0697. The van der Waals surface area contributed by atoms with E-state index in [-0.39, 0.29) is 10.5 Å². The molecule has 0 fully saturated rings. The van der Waals surface area contributed by atoms with Gasteiger partial charge in [0.1, 0.15) is 0 Å². The van der Waals surface area contributed by atoms with Gasteiger partial charge in [-0.25, -0.2) is 17.9 Å². The molecule has 0 aromatic heterocycles. The Morgan fingerprint density at radius 3 is 1.80 bits per heavy atom. The molecule has 5 nitrogen and oxygen atoms in total. The summed E-state index contributed by atoms with van der Waals surface area (Å²) in [5, 5.41) is 8.83.